The van der Waals surface area contributed by atoms with E-state index in [2.05, 4.69) is 104 Å². The molecule has 1 amide bonds. The molecule has 2 aliphatic heterocycles. The molecule has 2 fully saturated rings. The first-order valence-corrected chi connectivity index (χ1v) is 45.0. The summed E-state index contributed by atoms with van der Waals surface area (Å²) >= 11 is 0. The highest BCUT2D eigenvalue weighted by molar-refractivity contribution is 5.76. The van der Waals surface area contributed by atoms with Crippen molar-refractivity contribution >= 4 is 5.91 Å². The second-order valence-electron chi connectivity index (χ2n) is 31.3. The molecular formula is C93H167NO13. The lowest BCUT2D eigenvalue weighted by Crippen LogP contribution is -2.65. The molecule has 9 N–H and O–H groups in total. The molecular weight excluding hydrogens is 1340 g/mol. The Hall–Kier alpha value is -3.09. The Morgan fingerprint density at radius 2 is 0.654 bits per heavy atom. The number of aliphatic hydroxyl groups is 8. The number of carbonyl (C=O) groups excluding carboxylic acids is 1. The van der Waals surface area contributed by atoms with Gasteiger partial charge >= 0.3 is 0 Å². The Morgan fingerprint density at radius 3 is 1.03 bits per heavy atom. The molecule has 12 unspecified atom stereocenters. The second kappa shape index (κ2) is 75.6. The third-order valence-corrected chi connectivity index (χ3v) is 21.5. The summed E-state index contributed by atoms with van der Waals surface area (Å²) in [6.07, 6.45) is 92.5. The van der Waals surface area contributed by atoms with E-state index in [0.717, 1.165) is 77.0 Å². The van der Waals surface area contributed by atoms with Gasteiger partial charge in [0.15, 0.2) is 12.6 Å². The summed E-state index contributed by atoms with van der Waals surface area (Å²) in [5, 5.41) is 87.8. The van der Waals surface area contributed by atoms with Gasteiger partial charge in [-0.3, -0.25) is 4.79 Å². The van der Waals surface area contributed by atoms with E-state index in [1.54, 1.807) is 6.08 Å². The Morgan fingerprint density at radius 1 is 0.346 bits per heavy atom. The van der Waals surface area contributed by atoms with E-state index in [-0.39, 0.29) is 18.9 Å². The van der Waals surface area contributed by atoms with Crippen molar-refractivity contribution in [2.24, 2.45) is 0 Å². The quantitative estimate of drug-likeness (QED) is 0.0204. The van der Waals surface area contributed by atoms with Gasteiger partial charge in [-0.25, -0.2) is 0 Å². The Kier molecular flexibility index (Phi) is 70.6. The van der Waals surface area contributed by atoms with Crippen molar-refractivity contribution < 1.29 is 64.6 Å². The monoisotopic (exact) mass is 1510 g/mol. The number of carbonyl (C=O) groups is 1. The van der Waals surface area contributed by atoms with E-state index in [9.17, 15) is 45.6 Å². The molecule has 0 aromatic carbocycles. The Bertz CT molecular complexity index is 2180. The molecule has 14 heteroatoms. The van der Waals surface area contributed by atoms with E-state index in [1.807, 2.05) is 6.08 Å². The molecule has 0 aromatic heterocycles. The molecule has 2 saturated heterocycles. The fraction of sp³-hybridized carbons (Fsp3) is 0.817. The van der Waals surface area contributed by atoms with E-state index >= 15 is 0 Å². The summed E-state index contributed by atoms with van der Waals surface area (Å²) < 4.78 is 22.9. The van der Waals surface area contributed by atoms with Gasteiger partial charge in [-0.15, -0.1) is 0 Å². The van der Waals surface area contributed by atoms with Crippen molar-refractivity contribution in [2.75, 3.05) is 19.8 Å². The van der Waals surface area contributed by atoms with Gasteiger partial charge < -0.3 is 65.1 Å². The van der Waals surface area contributed by atoms with Gasteiger partial charge in [0.2, 0.25) is 5.91 Å². The van der Waals surface area contributed by atoms with E-state index in [4.69, 9.17) is 18.9 Å². The zero-order valence-electron chi connectivity index (χ0n) is 68.6. The third kappa shape index (κ3) is 57.6. The molecule has 14 nitrogen and oxygen atoms in total. The second-order valence-corrected chi connectivity index (χ2v) is 31.3. The smallest absolute Gasteiger partial charge is 0.220 e. The zero-order valence-corrected chi connectivity index (χ0v) is 68.6. The molecule has 0 radical (unpaired) electrons. The first-order chi connectivity index (χ1) is 52.6. The first kappa shape index (κ1) is 100.0. The summed E-state index contributed by atoms with van der Waals surface area (Å²) in [5.41, 5.74) is 0. The lowest BCUT2D eigenvalue weighted by atomic mass is 9.97. The number of unbranched alkanes of at least 4 members (excludes halogenated alkanes) is 49. The number of amides is 1. The van der Waals surface area contributed by atoms with Crippen molar-refractivity contribution in [2.45, 2.75) is 466 Å². The minimum atomic E-state index is -1.80. The van der Waals surface area contributed by atoms with Crippen LogP contribution in [0.5, 0.6) is 0 Å². The SMILES string of the molecule is CC/C=C\C/C=C\C/C=C\C/C=C\C/C=C\CCCCCCCCCCCCCCCCCCCCCCCCCCCC(=O)NC(COC1OC(CO)C(OC2OC(CO)C(O)C(O)C2O)C(O)C1O)C(O)/C=C/CC/C=C/CC/C=C/CCCCCCCCCCCCCCCCCCCCCCCC. The van der Waals surface area contributed by atoms with E-state index < -0.39 is 86.8 Å². The molecule has 12 atom stereocenters. The normalized spacial score (nSPS) is 21.7. The average molecular weight is 1510 g/mol. The topological polar surface area (TPSA) is 228 Å². The van der Waals surface area contributed by atoms with Crippen LogP contribution in [0.4, 0.5) is 0 Å². The minimum Gasteiger partial charge on any atom is -0.394 e. The summed E-state index contributed by atoms with van der Waals surface area (Å²) in [7, 11) is 0. The predicted octanol–water partition coefficient (Wildman–Crippen LogP) is 22.0. The third-order valence-electron chi connectivity index (χ3n) is 21.5. The van der Waals surface area contributed by atoms with Crippen molar-refractivity contribution in [3.63, 3.8) is 0 Å². The summed E-state index contributed by atoms with van der Waals surface area (Å²) in [4.78, 5) is 13.4. The largest absolute Gasteiger partial charge is 0.394 e. The van der Waals surface area contributed by atoms with Crippen LogP contribution in [0.25, 0.3) is 0 Å². The number of nitrogens with one attached hydrogen (secondary N) is 1. The number of rotatable bonds is 76. The zero-order chi connectivity index (χ0) is 77.2. The van der Waals surface area contributed by atoms with E-state index in [1.165, 1.54) is 283 Å². The maximum Gasteiger partial charge on any atom is 0.220 e. The van der Waals surface area contributed by atoms with Gasteiger partial charge in [0, 0.05) is 6.42 Å². The van der Waals surface area contributed by atoms with Crippen LogP contribution >= 0.6 is 0 Å². The van der Waals surface area contributed by atoms with E-state index in [0.29, 0.717) is 12.8 Å². The predicted molar refractivity (Wildman–Crippen MR) is 447 cm³/mol. The molecule has 2 heterocycles. The highest BCUT2D eigenvalue weighted by Crippen LogP contribution is 2.30. The van der Waals surface area contributed by atoms with Crippen LogP contribution in [0.15, 0.2) is 97.2 Å². The molecule has 2 aliphatic rings. The molecule has 0 aromatic rings. The van der Waals surface area contributed by atoms with Crippen LogP contribution < -0.4 is 5.32 Å². The molecule has 0 saturated carbocycles. The van der Waals surface area contributed by atoms with Gasteiger partial charge in [0.25, 0.3) is 0 Å². The van der Waals surface area contributed by atoms with Crippen LogP contribution in [-0.2, 0) is 23.7 Å². The molecule has 0 spiro atoms. The van der Waals surface area contributed by atoms with Gasteiger partial charge in [-0.1, -0.05) is 394 Å². The average Bonchev–Trinajstić information content (AvgIpc) is 0.789. The maximum absolute atomic E-state index is 13.4. The summed E-state index contributed by atoms with van der Waals surface area (Å²) in [5.74, 6) is -0.247. The summed E-state index contributed by atoms with van der Waals surface area (Å²) in [6, 6.07) is -0.943. The highest BCUT2D eigenvalue weighted by atomic mass is 16.7. The van der Waals surface area contributed by atoms with Crippen molar-refractivity contribution in [3.8, 4) is 0 Å². The standard InChI is InChI=1S/C93H167NO13/c1-3-5-7-9-11-13-15-17-19-21-23-25-27-29-31-33-35-37-38-39-40-41-42-43-44-45-47-49-51-53-55-57-59-61-63-65-67-69-71-73-75-77-85(98)94-81(80-104-92-90(103)88(101)91(84(79-96)106-92)107-93-89(102)87(100)86(99)83(78-95)105-93)82(97)76-74-72-70-68-66-64-62-60-58-56-54-52-50-48-46-36-34-32-30-28-26-24-22-20-18-16-14-12-10-8-6-4-2/h5,7,11,13,17,19,23,25,29,31,58,60,66,68,74,76,81-84,86-93,95-97,99-103H,3-4,6,8-10,12,14-16,18,20-22,24,26-28,30,32-57,59,61-65,67,69-73,75,77-80H2,1-2H3,(H,94,98)/b7-5-,13-11-,19-17-,25-23-,31-29-,60-58+,68-66+,76-74+. The molecule has 622 valence electrons. The van der Waals surface area contributed by atoms with Gasteiger partial charge in [-0.05, 0) is 89.9 Å². The highest BCUT2D eigenvalue weighted by Gasteiger charge is 2.51. The summed E-state index contributed by atoms with van der Waals surface area (Å²) in [6.45, 7) is 2.72. The van der Waals surface area contributed by atoms with Crippen LogP contribution in [0.2, 0.25) is 0 Å². The van der Waals surface area contributed by atoms with Crippen molar-refractivity contribution in [1.29, 1.82) is 0 Å². The van der Waals surface area contributed by atoms with Gasteiger partial charge in [0.05, 0.1) is 32.0 Å². The maximum atomic E-state index is 13.4. The van der Waals surface area contributed by atoms with Crippen molar-refractivity contribution in [1.82, 2.24) is 5.32 Å². The number of aliphatic hydroxyl groups excluding tert-OH is 8. The number of ether oxygens (including phenoxy) is 4. The minimum absolute atomic E-state index is 0.247. The first-order valence-electron chi connectivity index (χ1n) is 45.0. The number of allylic oxidation sites excluding steroid dienone is 15. The fourth-order valence-corrected chi connectivity index (χ4v) is 14.5. The van der Waals surface area contributed by atoms with Gasteiger partial charge in [-0.2, -0.15) is 0 Å². The Balaban J connectivity index is 1.57. The molecule has 0 bridgehead atoms. The van der Waals surface area contributed by atoms with Crippen LogP contribution in [-0.4, -0.2) is 140 Å². The van der Waals surface area contributed by atoms with Gasteiger partial charge in [0.1, 0.15) is 48.8 Å². The van der Waals surface area contributed by atoms with Crippen LogP contribution in [0.3, 0.4) is 0 Å². The molecule has 0 aliphatic carbocycles. The fourth-order valence-electron chi connectivity index (χ4n) is 14.5. The number of hydrogen-bond acceptors (Lipinski definition) is 13. The van der Waals surface area contributed by atoms with Crippen molar-refractivity contribution in [3.05, 3.63) is 97.2 Å². The lowest BCUT2D eigenvalue weighted by molar-refractivity contribution is -0.359. The molecule has 107 heavy (non-hydrogen) atoms. The Labute approximate surface area is 655 Å². The van der Waals surface area contributed by atoms with Crippen LogP contribution in [0, 0.1) is 0 Å². The lowest BCUT2D eigenvalue weighted by Gasteiger charge is -2.46. The molecule has 2 rings (SSSR count). The van der Waals surface area contributed by atoms with Crippen LogP contribution in [0.1, 0.15) is 393 Å². The number of hydrogen-bond donors (Lipinski definition) is 9.